The Morgan fingerprint density at radius 2 is 1.76 bits per heavy atom. The summed E-state index contributed by atoms with van der Waals surface area (Å²) in [6.07, 6.45) is 2.39. The van der Waals surface area contributed by atoms with E-state index in [0.717, 1.165) is 53.4 Å². The van der Waals surface area contributed by atoms with Crippen LogP contribution in [0.1, 0.15) is 51.9 Å². The van der Waals surface area contributed by atoms with Crippen molar-refractivity contribution in [3.05, 3.63) is 88.1 Å². The van der Waals surface area contributed by atoms with Gasteiger partial charge in [0.25, 0.3) is 5.91 Å². The summed E-state index contributed by atoms with van der Waals surface area (Å²) in [4.78, 5) is 26.6. The summed E-state index contributed by atoms with van der Waals surface area (Å²) in [6, 6.07) is 14.6. The maximum absolute atomic E-state index is 13.8. The molecule has 0 spiro atoms. The lowest BCUT2D eigenvalue weighted by Crippen LogP contribution is -2.35. The minimum atomic E-state index is -0.240. The number of hydrogen-bond donors (Lipinski definition) is 0. The van der Waals surface area contributed by atoms with E-state index in [2.05, 4.69) is 16.8 Å². The second kappa shape index (κ2) is 10.1. The van der Waals surface area contributed by atoms with Crippen molar-refractivity contribution in [1.82, 2.24) is 14.9 Å². The van der Waals surface area contributed by atoms with E-state index in [1.807, 2.05) is 49.1 Å². The summed E-state index contributed by atoms with van der Waals surface area (Å²) in [5, 5.41) is 0. The number of halogens is 1. The molecule has 1 aliphatic heterocycles. The lowest BCUT2D eigenvalue weighted by Gasteiger charge is -2.26. The molecular formula is C27H31FN4O. The van der Waals surface area contributed by atoms with Crippen LogP contribution < -0.4 is 4.90 Å². The Morgan fingerprint density at radius 1 is 0.970 bits per heavy atom. The van der Waals surface area contributed by atoms with Crippen LogP contribution in [0.2, 0.25) is 0 Å². The molecule has 6 heteroatoms. The molecule has 5 nitrogen and oxygen atoms in total. The van der Waals surface area contributed by atoms with Gasteiger partial charge in [-0.3, -0.25) is 4.79 Å². The Kier molecular flexibility index (Phi) is 7.02. The average molecular weight is 447 g/mol. The van der Waals surface area contributed by atoms with E-state index >= 15 is 0 Å². The molecule has 1 aromatic heterocycles. The van der Waals surface area contributed by atoms with Gasteiger partial charge in [0.1, 0.15) is 17.5 Å². The third-order valence-electron chi connectivity index (χ3n) is 6.27. The highest BCUT2D eigenvalue weighted by molar-refractivity contribution is 5.94. The van der Waals surface area contributed by atoms with Crippen LogP contribution in [0.4, 0.5) is 10.2 Å². The highest BCUT2D eigenvalue weighted by Crippen LogP contribution is 2.25. The van der Waals surface area contributed by atoms with Gasteiger partial charge in [0.2, 0.25) is 0 Å². The van der Waals surface area contributed by atoms with Crippen molar-refractivity contribution < 1.29 is 9.18 Å². The number of carbonyl (C=O) groups is 1. The fourth-order valence-electron chi connectivity index (χ4n) is 4.44. The van der Waals surface area contributed by atoms with Crippen molar-refractivity contribution in [3.63, 3.8) is 0 Å². The van der Waals surface area contributed by atoms with Crippen molar-refractivity contribution in [3.8, 4) is 0 Å². The van der Waals surface area contributed by atoms with Crippen LogP contribution in [0, 0.1) is 19.7 Å². The summed E-state index contributed by atoms with van der Waals surface area (Å²) in [5.41, 5.74) is 4.79. The molecule has 0 N–H and O–H groups in total. The Morgan fingerprint density at radius 3 is 2.48 bits per heavy atom. The number of aryl methyl sites for hydroxylation is 3. The Hall–Kier alpha value is -3.28. The Bertz CT molecular complexity index is 1130. The molecule has 1 saturated heterocycles. The molecule has 3 aromatic rings. The molecule has 0 saturated carbocycles. The van der Waals surface area contributed by atoms with Crippen molar-refractivity contribution in [2.75, 3.05) is 31.1 Å². The summed E-state index contributed by atoms with van der Waals surface area (Å²) >= 11 is 0. The quantitative estimate of drug-likeness (QED) is 0.568. The molecule has 0 unspecified atom stereocenters. The zero-order valence-corrected chi connectivity index (χ0v) is 19.6. The normalized spacial score (nSPS) is 14.3. The van der Waals surface area contributed by atoms with Gasteiger partial charge in [0.05, 0.1) is 0 Å². The van der Waals surface area contributed by atoms with Crippen LogP contribution in [-0.2, 0) is 12.8 Å². The SMILES string of the molecule is CCc1ccc(C(=O)N2CCCN(c3nc(C)nc(C)c3Cc3cccc(F)c3)CC2)cc1. The van der Waals surface area contributed by atoms with E-state index < -0.39 is 0 Å². The molecule has 0 atom stereocenters. The molecule has 2 heterocycles. The van der Waals surface area contributed by atoms with Crippen LogP contribution >= 0.6 is 0 Å². The first-order valence-corrected chi connectivity index (χ1v) is 11.7. The number of carbonyl (C=O) groups excluding carboxylic acids is 1. The van der Waals surface area contributed by atoms with Gasteiger partial charge in [-0.25, -0.2) is 14.4 Å². The van der Waals surface area contributed by atoms with Crippen LogP contribution in [-0.4, -0.2) is 47.0 Å². The topological polar surface area (TPSA) is 49.3 Å². The number of aromatic nitrogens is 2. The van der Waals surface area contributed by atoms with E-state index in [4.69, 9.17) is 4.98 Å². The molecule has 0 radical (unpaired) electrons. The highest BCUT2D eigenvalue weighted by Gasteiger charge is 2.23. The van der Waals surface area contributed by atoms with Gasteiger partial charge in [0.15, 0.2) is 0 Å². The predicted octanol–water partition coefficient (Wildman–Crippen LogP) is 4.74. The van der Waals surface area contributed by atoms with Crippen molar-refractivity contribution in [1.29, 1.82) is 0 Å². The van der Waals surface area contributed by atoms with Gasteiger partial charge in [0, 0.05) is 49.4 Å². The van der Waals surface area contributed by atoms with Gasteiger partial charge in [-0.15, -0.1) is 0 Å². The van der Waals surface area contributed by atoms with Crippen LogP contribution in [0.15, 0.2) is 48.5 Å². The molecule has 1 aliphatic rings. The lowest BCUT2D eigenvalue weighted by molar-refractivity contribution is 0.0767. The zero-order valence-electron chi connectivity index (χ0n) is 19.6. The molecular weight excluding hydrogens is 415 g/mol. The first kappa shape index (κ1) is 22.9. The third-order valence-corrected chi connectivity index (χ3v) is 6.27. The van der Waals surface area contributed by atoms with Gasteiger partial charge in [-0.1, -0.05) is 31.2 Å². The van der Waals surface area contributed by atoms with Gasteiger partial charge >= 0.3 is 0 Å². The van der Waals surface area contributed by atoms with Crippen LogP contribution in [0.3, 0.4) is 0 Å². The van der Waals surface area contributed by atoms with Gasteiger partial charge in [-0.05, 0) is 62.1 Å². The summed E-state index contributed by atoms with van der Waals surface area (Å²) in [5.74, 6) is 1.45. The van der Waals surface area contributed by atoms with Crippen molar-refractivity contribution in [2.24, 2.45) is 0 Å². The molecule has 172 valence electrons. The molecule has 0 aliphatic carbocycles. The maximum Gasteiger partial charge on any atom is 0.253 e. The fraction of sp³-hybridized carbons (Fsp3) is 0.370. The number of amides is 1. The first-order valence-electron chi connectivity index (χ1n) is 11.7. The number of rotatable bonds is 5. The minimum Gasteiger partial charge on any atom is -0.354 e. The molecule has 4 rings (SSSR count). The van der Waals surface area contributed by atoms with Crippen LogP contribution in [0.25, 0.3) is 0 Å². The summed E-state index contributed by atoms with van der Waals surface area (Å²) in [6.45, 7) is 8.86. The highest BCUT2D eigenvalue weighted by atomic mass is 19.1. The van der Waals surface area contributed by atoms with E-state index in [9.17, 15) is 9.18 Å². The van der Waals surface area contributed by atoms with E-state index in [1.54, 1.807) is 12.1 Å². The maximum atomic E-state index is 13.8. The number of nitrogens with zero attached hydrogens (tertiary/aromatic N) is 4. The number of anilines is 1. The average Bonchev–Trinajstić information content (AvgIpc) is 3.06. The standard InChI is InChI=1S/C27H31FN4O/c1-4-21-9-11-23(12-10-21)27(33)32-14-6-13-31(15-16-32)26-25(19(2)29-20(3)30-26)18-22-7-5-8-24(28)17-22/h5,7-12,17H,4,6,13-16,18H2,1-3H3. The van der Waals surface area contributed by atoms with E-state index in [0.29, 0.717) is 26.1 Å². The smallest absolute Gasteiger partial charge is 0.253 e. The zero-order chi connectivity index (χ0) is 23.4. The van der Waals surface area contributed by atoms with Gasteiger partial charge in [-0.2, -0.15) is 0 Å². The fourth-order valence-corrected chi connectivity index (χ4v) is 4.44. The second-order valence-corrected chi connectivity index (χ2v) is 8.65. The minimum absolute atomic E-state index is 0.0783. The van der Waals surface area contributed by atoms with Crippen LogP contribution in [0.5, 0.6) is 0 Å². The van der Waals surface area contributed by atoms with Gasteiger partial charge < -0.3 is 9.80 Å². The Balaban J connectivity index is 1.54. The molecule has 1 fully saturated rings. The predicted molar refractivity (Wildman–Crippen MR) is 129 cm³/mol. The molecule has 33 heavy (non-hydrogen) atoms. The number of hydrogen-bond acceptors (Lipinski definition) is 4. The monoisotopic (exact) mass is 446 g/mol. The first-order chi connectivity index (χ1) is 15.9. The van der Waals surface area contributed by atoms with E-state index in [-0.39, 0.29) is 11.7 Å². The van der Waals surface area contributed by atoms with Crippen molar-refractivity contribution in [2.45, 2.75) is 40.0 Å². The summed E-state index contributed by atoms with van der Waals surface area (Å²) < 4.78 is 13.8. The molecule has 2 aromatic carbocycles. The lowest BCUT2D eigenvalue weighted by atomic mass is 10.0. The second-order valence-electron chi connectivity index (χ2n) is 8.65. The third kappa shape index (κ3) is 5.38. The Labute approximate surface area is 195 Å². The summed E-state index contributed by atoms with van der Waals surface area (Å²) in [7, 11) is 0. The number of benzene rings is 2. The largest absolute Gasteiger partial charge is 0.354 e. The molecule has 0 bridgehead atoms. The molecule has 1 amide bonds. The van der Waals surface area contributed by atoms with E-state index in [1.165, 1.54) is 11.6 Å². The van der Waals surface area contributed by atoms with Crippen molar-refractivity contribution >= 4 is 11.7 Å².